The molecule has 134 valence electrons. The summed E-state index contributed by atoms with van der Waals surface area (Å²) < 4.78 is 4.34. The predicted molar refractivity (Wildman–Crippen MR) is 108 cm³/mol. The molecule has 1 aromatic heterocycles. The largest absolute Gasteiger partial charge is 0.384 e. The molecular formula is C20H22N4OS. The number of nitrogens with two attached hydrogens (primary N) is 1. The molecule has 6 heteroatoms. The summed E-state index contributed by atoms with van der Waals surface area (Å²) in [4.78, 5) is 12.8. The summed E-state index contributed by atoms with van der Waals surface area (Å²) in [6.07, 6.45) is 0. The van der Waals surface area contributed by atoms with Crippen LogP contribution < -0.4 is 11.1 Å². The first-order valence-corrected chi connectivity index (χ1v) is 9.14. The van der Waals surface area contributed by atoms with Crippen LogP contribution in [-0.4, -0.2) is 16.1 Å². The number of carbonyl (C=O) groups excluding carboxylic acids is 1. The van der Waals surface area contributed by atoms with Crippen LogP contribution >= 0.6 is 11.5 Å². The highest BCUT2D eigenvalue weighted by atomic mass is 32.1. The Morgan fingerprint density at radius 1 is 1.12 bits per heavy atom. The van der Waals surface area contributed by atoms with E-state index in [1.165, 1.54) is 11.5 Å². The van der Waals surface area contributed by atoms with Gasteiger partial charge in [-0.3, -0.25) is 10.2 Å². The number of nitrogen functional groups attached to an aromatic ring is 1. The highest BCUT2D eigenvalue weighted by Gasteiger charge is 2.11. The van der Waals surface area contributed by atoms with Crippen molar-refractivity contribution in [1.82, 2.24) is 9.69 Å². The highest BCUT2D eigenvalue weighted by molar-refractivity contribution is 7.08. The number of amides is 1. The minimum absolute atomic E-state index is 0.0312. The molecular weight excluding hydrogens is 344 g/mol. The Morgan fingerprint density at radius 3 is 2.38 bits per heavy atom. The normalized spacial score (nSPS) is 9.77. The van der Waals surface area contributed by atoms with Gasteiger partial charge in [0.1, 0.15) is 10.7 Å². The average molecular weight is 366 g/mol. The number of amidine groups is 1. The van der Waals surface area contributed by atoms with Crippen molar-refractivity contribution in [2.45, 2.75) is 20.4 Å². The van der Waals surface area contributed by atoms with Crippen LogP contribution in [-0.2, 0) is 6.54 Å². The fraction of sp³-hybridized carbons (Fsp3) is 0.150. The van der Waals surface area contributed by atoms with Crippen molar-refractivity contribution in [2.75, 3.05) is 0 Å². The Balaban J connectivity index is 0.00000117. The molecule has 26 heavy (non-hydrogen) atoms. The zero-order chi connectivity index (χ0) is 18.9. The lowest BCUT2D eigenvalue weighted by atomic mass is 10.1. The first-order valence-electron chi connectivity index (χ1n) is 8.37. The number of hydrogen-bond acceptors (Lipinski definition) is 4. The van der Waals surface area contributed by atoms with Crippen molar-refractivity contribution in [3.8, 4) is 11.3 Å². The van der Waals surface area contributed by atoms with E-state index in [0.29, 0.717) is 17.0 Å². The van der Waals surface area contributed by atoms with Crippen molar-refractivity contribution in [2.24, 2.45) is 5.73 Å². The van der Waals surface area contributed by atoms with E-state index in [-0.39, 0.29) is 11.7 Å². The molecule has 0 radical (unpaired) electrons. The summed E-state index contributed by atoms with van der Waals surface area (Å²) in [5.74, 6) is -0.117. The van der Waals surface area contributed by atoms with Gasteiger partial charge >= 0.3 is 0 Å². The molecule has 0 aliphatic rings. The number of aromatic nitrogens is 1. The van der Waals surface area contributed by atoms with E-state index in [4.69, 9.17) is 11.1 Å². The van der Waals surface area contributed by atoms with Crippen LogP contribution in [0.15, 0.2) is 60.7 Å². The van der Waals surface area contributed by atoms with Crippen molar-refractivity contribution in [1.29, 1.82) is 5.41 Å². The van der Waals surface area contributed by atoms with Gasteiger partial charge in [-0.1, -0.05) is 68.4 Å². The second-order valence-electron chi connectivity index (χ2n) is 5.24. The van der Waals surface area contributed by atoms with Gasteiger partial charge in [-0.2, -0.15) is 4.37 Å². The molecule has 3 aromatic rings. The minimum atomic E-state index is -0.148. The maximum atomic E-state index is 12.2. The lowest BCUT2D eigenvalue weighted by molar-refractivity contribution is 0.0955. The molecule has 0 atom stereocenters. The SMILES string of the molecule is CC.N=C(N)c1ccc(CNC(=O)c2cc(-c3ccccc3)ns2)cc1. The molecule has 2 aromatic carbocycles. The fourth-order valence-corrected chi connectivity index (χ4v) is 2.87. The van der Waals surface area contributed by atoms with Gasteiger partial charge in [-0.25, -0.2) is 0 Å². The van der Waals surface area contributed by atoms with E-state index in [0.717, 1.165) is 16.8 Å². The molecule has 0 fully saturated rings. The second kappa shape index (κ2) is 9.48. The van der Waals surface area contributed by atoms with Crippen molar-refractivity contribution in [3.05, 3.63) is 76.7 Å². The van der Waals surface area contributed by atoms with Gasteiger partial charge in [0, 0.05) is 17.7 Å². The fourth-order valence-electron chi connectivity index (χ4n) is 2.20. The molecule has 0 aliphatic heterocycles. The quantitative estimate of drug-likeness (QED) is 0.470. The van der Waals surface area contributed by atoms with E-state index in [2.05, 4.69) is 9.69 Å². The van der Waals surface area contributed by atoms with Gasteiger partial charge in [0.05, 0.1) is 5.69 Å². The molecule has 0 aliphatic carbocycles. The molecule has 0 unspecified atom stereocenters. The van der Waals surface area contributed by atoms with Crippen molar-refractivity contribution in [3.63, 3.8) is 0 Å². The molecule has 0 saturated carbocycles. The van der Waals surface area contributed by atoms with Gasteiger partial charge in [-0.05, 0) is 23.2 Å². The van der Waals surface area contributed by atoms with Crippen LogP contribution in [0.25, 0.3) is 11.3 Å². The summed E-state index contributed by atoms with van der Waals surface area (Å²) in [5.41, 5.74) is 8.83. The van der Waals surface area contributed by atoms with Gasteiger partial charge in [0.25, 0.3) is 5.91 Å². The molecule has 0 bridgehead atoms. The first kappa shape index (κ1) is 19.3. The van der Waals surface area contributed by atoms with Crippen LogP contribution in [0.4, 0.5) is 0 Å². The van der Waals surface area contributed by atoms with Crippen molar-refractivity contribution >= 4 is 23.3 Å². The number of benzene rings is 2. The van der Waals surface area contributed by atoms with Crippen LogP contribution in [0.2, 0.25) is 0 Å². The number of hydrogen-bond donors (Lipinski definition) is 3. The molecule has 1 heterocycles. The summed E-state index contributed by atoms with van der Waals surface area (Å²) in [5, 5.41) is 10.2. The maximum Gasteiger partial charge on any atom is 0.263 e. The maximum absolute atomic E-state index is 12.2. The Hall–Kier alpha value is -2.99. The standard InChI is InChI=1S/C18H16N4OS.C2H6/c19-17(20)14-8-6-12(7-9-14)11-21-18(23)16-10-15(22-24-16)13-4-2-1-3-5-13;1-2/h1-10H,11H2,(H3,19,20)(H,21,23);1-2H3. The van der Waals surface area contributed by atoms with E-state index in [1.54, 1.807) is 18.2 Å². The van der Waals surface area contributed by atoms with Gasteiger partial charge in [0.15, 0.2) is 0 Å². The van der Waals surface area contributed by atoms with E-state index in [9.17, 15) is 4.79 Å². The summed E-state index contributed by atoms with van der Waals surface area (Å²) >= 11 is 1.19. The lowest BCUT2D eigenvalue weighted by Gasteiger charge is -2.04. The second-order valence-corrected chi connectivity index (χ2v) is 6.04. The Kier molecular flexibility index (Phi) is 7.05. The zero-order valence-electron chi connectivity index (χ0n) is 14.8. The minimum Gasteiger partial charge on any atom is -0.384 e. The molecule has 0 saturated heterocycles. The van der Waals surface area contributed by atoms with E-state index < -0.39 is 0 Å². The molecule has 5 nitrogen and oxygen atoms in total. The Labute approximate surface area is 157 Å². The zero-order valence-corrected chi connectivity index (χ0v) is 15.6. The number of nitrogens with zero attached hydrogens (tertiary/aromatic N) is 1. The average Bonchev–Trinajstić information content (AvgIpc) is 3.19. The van der Waals surface area contributed by atoms with E-state index >= 15 is 0 Å². The number of nitrogens with one attached hydrogen (secondary N) is 2. The number of rotatable bonds is 5. The topological polar surface area (TPSA) is 91.9 Å². The summed E-state index contributed by atoms with van der Waals surface area (Å²) in [7, 11) is 0. The van der Waals surface area contributed by atoms with Crippen molar-refractivity contribution < 1.29 is 4.79 Å². The van der Waals surface area contributed by atoms with Gasteiger partial charge in [-0.15, -0.1) is 0 Å². The first-order chi connectivity index (χ1) is 12.6. The molecule has 3 rings (SSSR count). The third-order valence-corrected chi connectivity index (χ3v) is 4.31. The Bertz CT molecular complexity index is 857. The van der Waals surface area contributed by atoms with E-state index in [1.807, 2.05) is 56.3 Å². The smallest absolute Gasteiger partial charge is 0.263 e. The molecule has 4 N–H and O–H groups in total. The third kappa shape index (κ3) is 5.00. The van der Waals surface area contributed by atoms with Gasteiger partial charge < -0.3 is 11.1 Å². The van der Waals surface area contributed by atoms with Crippen LogP contribution in [0, 0.1) is 5.41 Å². The predicted octanol–water partition coefficient (Wildman–Crippen LogP) is 4.05. The molecule has 1 amide bonds. The monoisotopic (exact) mass is 366 g/mol. The molecule has 0 spiro atoms. The highest BCUT2D eigenvalue weighted by Crippen LogP contribution is 2.21. The Morgan fingerprint density at radius 2 is 1.77 bits per heavy atom. The summed E-state index contributed by atoms with van der Waals surface area (Å²) in [6.45, 7) is 4.41. The van der Waals surface area contributed by atoms with Crippen LogP contribution in [0.5, 0.6) is 0 Å². The summed E-state index contributed by atoms with van der Waals surface area (Å²) in [6, 6.07) is 18.8. The van der Waals surface area contributed by atoms with Crippen LogP contribution in [0.3, 0.4) is 0 Å². The van der Waals surface area contributed by atoms with Gasteiger partial charge in [0.2, 0.25) is 0 Å². The third-order valence-electron chi connectivity index (χ3n) is 3.52. The van der Waals surface area contributed by atoms with Crippen LogP contribution in [0.1, 0.15) is 34.6 Å². The lowest BCUT2D eigenvalue weighted by Crippen LogP contribution is -2.21. The number of carbonyl (C=O) groups is 1.